The van der Waals surface area contributed by atoms with Crippen molar-refractivity contribution in [3.05, 3.63) is 92.3 Å². The summed E-state index contributed by atoms with van der Waals surface area (Å²) in [6, 6.07) is 21.0. The first-order valence-electron chi connectivity index (χ1n) is 16.0. The number of hydrogen-bond acceptors (Lipinski definition) is 10. The van der Waals surface area contributed by atoms with Crippen molar-refractivity contribution in [2.75, 3.05) is 66.6 Å². The molecule has 0 aliphatic carbocycles. The number of piperazine rings is 2. The van der Waals surface area contributed by atoms with Gasteiger partial charge in [0.1, 0.15) is 21.1 Å². The zero-order valence-corrected chi connectivity index (χ0v) is 29.5. The summed E-state index contributed by atoms with van der Waals surface area (Å²) >= 11 is 5.61. The Morgan fingerprint density at radius 1 is 0.630 bits per heavy atom. The second kappa shape index (κ2) is 15.4. The molecular weight excluding hydrogens is 633 g/mol. The Hall–Kier alpha value is -2.83. The Balaban J connectivity index is 1.13. The van der Waals surface area contributed by atoms with Crippen LogP contribution in [0.25, 0.3) is 10.4 Å². The van der Waals surface area contributed by atoms with E-state index in [9.17, 15) is 5.11 Å². The molecule has 2 saturated heterocycles. The van der Waals surface area contributed by atoms with Gasteiger partial charge < -0.3 is 14.6 Å². The summed E-state index contributed by atoms with van der Waals surface area (Å²) in [6.45, 7) is 13.1. The number of nitrogens with zero attached hydrogens (tertiary/aromatic N) is 4. The van der Waals surface area contributed by atoms with E-state index in [4.69, 9.17) is 21.7 Å². The van der Waals surface area contributed by atoms with Crippen molar-refractivity contribution in [2.45, 2.75) is 33.1 Å². The number of ether oxygens (including phenoxy) is 2. The molecule has 0 bridgehead atoms. The van der Waals surface area contributed by atoms with Crippen molar-refractivity contribution in [3.8, 4) is 27.7 Å². The van der Waals surface area contributed by atoms with Gasteiger partial charge in [-0.05, 0) is 42.3 Å². The van der Waals surface area contributed by atoms with Crippen LogP contribution in [-0.2, 0) is 26.2 Å². The van der Waals surface area contributed by atoms with Crippen molar-refractivity contribution in [2.24, 2.45) is 0 Å². The molecule has 0 unspecified atom stereocenters. The van der Waals surface area contributed by atoms with Crippen molar-refractivity contribution < 1.29 is 14.6 Å². The highest BCUT2D eigenvalue weighted by Crippen LogP contribution is 2.38. The minimum Gasteiger partial charge on any atom is -0.507 e. The van der Waals surface area contributed by atoms with Gasteiger partial charge in [0.2, 0.25) is 0 Å². The molecular formula is C36H44N4O3S3. The summed E-state index contributed by atoms with van der Waals surface area (Å²) in [5.41, 5.74) is 6.79. The fourth-order valence-corrected chi connectivity index (χ4v) is 9.42. The molecule has 0 saturated carbocycles. The zero-order chi connectivity index (χ0) is 32.0. The highest BCUT2D eigenvalue weighted by atomic mass is 32.9. The van der Waals surface area contributed by atoms with Gasteiger partial charge in [0.15, 0.2) is 0 Å². The van der Waals surface area contributed by atoms with Gasteiger partial charge >= 0.3 is 0 Å². The Morgan fingerprint density at radius 3 is 1.39 bits per heavy atom. The molecule has 2 aliphatic heterocycles. The van der Waals surface area contributed by atoms with E-state index in [-0.39, 0.29) is 0 Å². The van der Waals surface area contributed by atoms with E-state index < -0.39 is 0 Å². The lowest BCUT2D eigenvalue weighted by Gasteiger charge is -2.36. The van der Waals surface area contributed by atoms with Gasteiger partial charge in [-0.15, -0.1) is 0 Å². The van der Waals surface area contributed by atoms with Crippen LogP contribution < -0.4 is 9.47 Å². The molecule has 10 heteroatoms. The smallest absolute Gasteiger partial charge is 0.124 e. The molecule has 7 nitrogen and oxygen atoms in total. The maximum Gasteiger partial charge on any atom is 0.124 e. The minimum absolute atomic E-state index is 0.438. The predicted octanol–water partition coefficient (Wildman–Crippen LogP) is 6.87. The molecule has 3 heterocycles. The van der Waals surface area contributed by atoms with E-state index >= 15 is 0 Å². The highest BCUT2D eigenvalue weighted by molar-refractivity contribution is 7.80. The average Bonchev–Trinajstić information content (AvgIpc) is 3.42. The molecule has 2 fully saturated rings. The maximum atomic E-state index is 11.7. The van der Waals surface area contributed by atoms with Gasteiger partial charge in [0.05, 0.1) is 19.1 Å². The summed E-state index contributed by atoms with van der Waals surface area (Å²) in [5.74, 6) is 2.33. The summed E-state index contributed by atoms with van der Waals surface area (Å²) in [4.78, 5) is 11.2. The van der Waals surface area contributed by atoms with E-state index in [0.29, 0.717) is 5.75 Å². The number of rotatable bonds is 11. The van der Waals surface area contributed by atoms with Crippen LogP contribution in [0, 0.1) is 10.7 Å². The van der Waals surface area contributed by atoms with E-state index in [1.54, 1.807) is 34.9 Å². The molecule has 0 radical (unpaired) electrons. The van der Waals surface area contributed by atoms with Crippen LogP contribution in [0.3, 0.4) is 0 Å². The molecule has 0 amide bonds. The normalized spacial score (nSPS) is 16.9. The highest BCUT2D eigenvalue weighted by Gasteiger charge is 2.24. The number of phenolic OH excluding ortho intramolecular Hbond substituents is 1. The fraction of sp³-hybridized carbons (Fsp3) is 0.417. The first-order valence-corrected chi connectivity index (χ1v) is 18.6. The van der Waals surface area contributed by atoms with Crippen LogP contribution in [0.2, 0.25) is 0 Å². The first kappa shape index (κ1) is 33.1. The number of phenols is 1. The standard InChI is InChI=1S/C36H44N4O3S3/c1-26-35(45-46-36(26)44)29-20-30(24-39-16-12-37(13-17-39)22-27-8-4-6-10-32(27)42-2)34(41)31(21-29)25-40-18-14-38(15-19-40)23-28-9-5-7-11-33(28)43-3/h4-11,20-21,41H,12-19,22-25H2,1-3H3. The third-order valence-electron chi connectivity index (χ3n) is 9.27. The largest absolute Gasteiger partial charge is 0.507 e. The number of methoxy groups -OCH3 is 2. The average molecular weight is 677 g/mol. The van der Waals surface area contributed by atoms with E-state index in [1.807, 2.05) is 24.3 Å². The van der Waals surface area contributed by atoms with Crippen molar-refractivity contribution in [3.63, 3.8) is 0 Å². The number of aromatic hydroxyl groups is 1. The van der Waals surface area contributed by atoms with Gasteiger partial charge in [0, 0.05) is 101 Å². The van der Waals surface area contributed by atoms with Crippen LogP contribution >= 0.6 is 32.9 Å². The quantitative estimate of drug-likeness (QED) is 0.137. The van der Waals surface area contributed by atoms with Crippen molar-refractivity contribution in [1.82, 2.24) is 19.6 Å². The number of para-hydroxylation sites is 2. The Kier molecular flexibility index (Phi) is 11.1. The first-order chi connectivity index (χ1) is 22.4. The van der Waals surface area contributed by atoms with E-state index in [0.717, 1.165) is 105 Å². The van der Waals surface area contributed by atoms with Crippen LogP contribution in [0.15, 0.2) is 60.7 Å². The zero-order valence-electron chi connectivity index (χ0n) is 27.0. The Labute approximate surface area is 285 Å². The van der Waals surface area contributed by atoms with Crippen LogP contribution in [0.1, 0.15) is 27.8 Å². The summed E-state index contributed by atoms with van der Waals surface area (Å²) in [5, 5.41) is 11.7. The van der Waals surface area contributed by atoms with Crippen molar-refractivity contribution >= 4 is 32.9 Å². The number of hydrogen-bond donors (Lipinski definition) is 1. The summed E-state index contributed by atoms with van der Waals surface area (Å²) in [6.07, 6.45) is 0. The molecule has 0 atom stereocenters. The summed E-state index contributed by atoms with van der Waals surface area (Å²) in [7, 11) is 6.89. The van der Waals surface area contributed by atoms with Crippen LogP contribution in [0.5, 0.6) is 17.2 Å². The van der Waals surface area contributed by atoms with Gasteiger partial charge in [-0.25, -0.2) is 0 Å². The molecule has 2 aliphatic rings. The van der Waals surface area contributed by atoms with Crippen LogP contribution in [0.4, 0.5) is 0 Å². The van der Waals surface area contributed by atoms with Gasteiger partial charge in [-0.2, -0.15) is 0 Å². The van der Waals surface area contributed by atoms with E-state index in [1.165, 1.54) is 27.1 Å². The maximum absolute atomic E-state index is 11.7. The Bertz CT molecular complexity index is 1580. The predicted molar refractivity (Wildman–Crippen MR) is 192 cm³/mol. The third-order valence-corrected chi connectivity index (χ3v) is 12.6. The monoisotopic (exact) mass is 676 g/mol. The lowest BCUT2D eigenvalue weighted by atomic mass is 10.00. The lowest BCUT2D eigenvalue weighted by Crippen LogP contribution is -2.45. The second-order valence-electron chi connectivity index (χ2n) is 12.3. The molecule has 46 heavy (non-hydrogen) atoms. The molecule has 1 aromatic heterocycles. The topological polar surface area (TPSA) is 51.7 Å². The molecule has 6 rings (SSSR count). The lowest BCUT2D eigenvalue weighted by molar-refractivity contribution is 0.118. The van der Waals surface area contributed by atoms with Crippen molar-refractivity contribution in [1.29, 1.82) is 0 Å². The summed E-state index contributed by atoms with van der Waals surface area (Å²) < 4.78 is 12.1. The third kappa shape index (κ3) is 7.82. The molecule has 0 spiro atoms. The second-order valence-corrected chi connectivity index (χ2v) is 15.1. The minimum atomic E-state index is 0.438. The Morgan fingerprint density at radius 2 is 1.02 bits per heavy atom. The molecule has 4 aromatic rings. The number of benzene rings is 3. The SMILES string of the molecule is COc1ccccc1CN1CCN(Cc2cc(-c3ssc(=S)c3C)cc(CN3CCN(Cc4ccccc4OC)CC3)c2O)CC1. The molecule has 244 valence electrons. The fourth-order valence-electron chi connectivity index (χ4n) is 6.54. The van der Waals surface area contributed by atoms with E-state index in [2.05, 4.69) is 62.9 Å². The van der Waals surface area contributed by atoms with Crippen LogP contribution in [-0.4, -0.2) is 91.3 Å². The van der Waals surface area contributed by atoms with Gasteiger partial charge in [-0.3, -0.25) is 19.6 Å². The molecule has 3 aromatic carbocycles. The molecule has 1 N–H and O–H groups in total. The van der Waals surface area contributed by atoms with Gasteiger partial charge in [0.25, 0.3) is 0 Å². The van der Waals surface area contributed by atoms with Gasteiger partial charge in [-0.1, -0.05) is 69.3 Å².